The lowest BCUT2D eigenvalue weighted by atomic mass is 10.2. The third-order valence-corrected chi connectivity index (χ3v) is 4.21. The van der Waals surface area contributed by atoms with Crippen LogP contribution in [0.25, 0.3) is 0 Å². The lowest BCUT2D eigenvalue weighted by molar-refractivity contribution is 0.554. The number of rotatable bonds is 9. The van der Waals surface area contributed by atoms with E-state index in [1.165, 1.54) is 0 Å². The molecule has 98 valence electrons. The zero-order valence-electron chi connectivity index (χ0n) is 11.1. The van der Waals surface area contributed by atoms with Crippen molar-refractivity contribution >= 4 is 9.84 Å². The second-order valence-electron chi connectivity index (χ2n) is 5.15. The van der Waals surface area contributed by atoms with Crippen molar-refractivity contribution in [2.75, 3.05) is 18.1 Å². The molecule has 3 nitrogen and oxygen atoms in total. The molecule has 0 aliphatic heterocycles. The Morgan fingerprint density at radius 1 is 1.00 bits per heavy atom. The summed E-state index contributed by atoms with van der Waals surface area (Å²) in [4.78, 5) is 0. The van der Waals surface area contributed by atoms with Gasteiger partial charge < -0.3 is 5.32 Å². The third-order valence-electron chi connectivity index (χ3n) is 2.44. The van der Waals surface area contributed by atoms with Crippen LogP contribution in [-0.2, 0) is 9.84 Å². The molecule has 0 amide bonds. The van der Waals surface area contributed by atoms with E-state index in [-0.39, 0.29) is 0 Å². The van der Waals surface area contributed by atoms with Crippen LogP contribution in [0.1, 0.15) is 47.0 Å². The first-order valence-electron chi connectivity index (χ1n) is 6.27. The maximum atomic E-state index is 11.6. The maximum Gasteiger partial charge on any atom is 0.150 e. The predicted molar refractivity (Wildman–Crippen MR) is 70.5 cm³/mol. The normalized spacial score (nSPS) is 12.6. The van der Waals surface area contributed by atoms with E-state index < -0.39 is 9.84 Å². The Balaban J connectivity index is 3.59. The van der Waals surface area contributed by atoms with Gasteiger partial charge in [0, 0.05) is 6.04 Å². The van der Waals surface area contributed by atoms with E-state index in [4.69, 9.17) is 0 Å². The molecule has 0 aromatic rings. The van der Waals surface area contributed by atoms with Gasteiger partial charge in [-0.05, 0) is 31.7 Å². The Morgan fingerprint density at radius 2 is 1.62 bits per heavy atom. The zero-order valence-corrected chi connectivity index (χ0v) is 11.9. The van der Waals surface area contributed by atoms with Crippen LogP contribution in [-0.4, -0.2) is 32.5 Å². The van der Waals surface area contributed by atoms with Gasteiger partial charge in [-0.1, -0.05) is 27.7 Å². The van der Waals surface area contributed by atoms with Crippen LogP contribution in [0.15, 0.2) is 0 Å². The first-order valence-corrected chi connectivity index (χ1v) is 8.09. The van der Waals surface area contributed by atoms with Gasteiger partial charge in [-0.25, -0.2) is 8.42 Å². The molecule has 1 N–H and O–H groups in total. The van der Waals surface area contributed by atoms with Gasteiger partial charge in [0.1, 0.15) is 9.84 Å². The summed E-state index contributed by atoms with van der Waals surface area (Å²) in [6.07, 6.45) is 2.51. The fourth-order valence-corrected chi connectivity index (χ4v) is 3.03. The number of sulfone groups is 1. The molecule has 0 aliphatic carbocycles. The minimum Gasteiger partial charge on any atom is -0.315 e. The quantitative estimate of drug-likeness (QED) is 0.637. The summed E-state index contributed by atoms with van der Waals surface area (Å²) >= 11 is 0. The molecule has 0 bridgehead atoms. The fourth-order valence-electron chi connectivity index (χ4n) is 1.36. The Bertz CT molecular complexity index is 258. The molecule has 0 spiro atoms. The van der Waals surface area contributed by atoms with Gasteiger partial charge in [0.05, 0.1) is 11.5 Å². The smallest absolute Gasteiger partial charge is 0.150 e. The van der Waals surface area contributed by atoms with Crippen LogP contribution in [0, 0.1) is 5.92 Å². The third kappa shape index (κ3) is 10.4. The first kappa shape index (κ1) is 15.9. The number of unbranched alkanes of at least 4 members (excludes halogenated alkanes) is 1. The van der Waals surface area contributed by atoms with Crippen molar-refractivity contribution < 1.29 is 8.42 Å². The molecule has 0 aromatic carbocycles. The molecular weight excluding hydrogens is 222 g/mol. The SMILES string of the molecule is CC(C)CCS(=O)(=O)CCCCNC(C)C. The summed E-state index contributed by atoms with van der Waals surface area (Å²) in [5.41, 5.74) is 0. The highest BCUT2D eigenvalue weighted by Crippen LogP contribution is 2.05. The molecule has 16 heavy (non-hydrogen) atoms. The molecule has 0 aliphatic rings. The average Bonchev–Trinajstić information content (AvgIpc) is 2.14. The highest BCUT2D eigenvalue weighted by molar-refractivity contribution is 7.91. The number of hydrogen-bond donors (Lipinski definition) is 1. The second kappa shape index (κ2) is 8.07. The van der Waals surface area contributed by atoms with Crippen LogP contribution in [0.2, 0.25) is 0 Å². The predicted octanol–water partition coefficient (Wildman–Crippen LogP) is 2.23. The van der Waals surface area contributed by atoms with Crippen LogP contribution in [0.3, 0.4) is 0 Å². The van der Waals surface area contributed by atoms with E-state index in [9.17, 15) is 8.42 Å². The summed E-state index contributed by atoms with van der Waals surface area (Å²) in [6, 6.07) is 0.484. The topological polar surface area (TPSA) is 46.2 Å². The Labute approximate surface area is 101 Å². The van der Waals surface area contributed by atoms with E-state index in [0.717, 1.165) is 25.8 Å². The van der Waals surface area contributed by atoms with E-state index >= 15 is 0 Å². The highest BCUT2D eigenvalue weighted by Gasteiger charge is 2.10. The van der Waals surface area contributed by atoms with Gasteiger partial charge in [-0.15, -0.1) is 0 Å². The van der Waals surface area contributed by atoms with Gasteiger partial charge in [0.2, 0.25) is 0 Å². The van der Waals surface area contributed by atoms with Crippen molar-refractivity contribution in [2.45, 2.75) is 53.0 Å². The van der Waals surface area contributed by atoms with Gasteiger partial charge >= 0.3 is 0 Å². The van der Waals surface area contributed by atoms with Gasteiger partial charge in [-0.3, -0.25) is 0 Å². The largest absolute Gasteiger partial charge is 0.315 e. The second-order valence-corrected chi connectivity index (χ2v) is 7.45. The van der Waals surface area contributed by atoms with Crippen molar-refractivity contribution in [1.82, 2.24) is 5.32 Å². The first-order chi connectivity index (χ1) is 7.33. The van der Waals surface area contributed by atoms with Crippen LogP contribution in [0.5, 0.6) is 0 Å². The van der Waals surface area contributed by atoms with Gasteiger partial charge in [0.15, 0.2) is 0 Å². The fraction of sp³-hybridized carbons (Fsp3) is 1.00. The van der Waals surface area contributed by atoms with Crippen molar-refractivity contribution in [3.8, 4) is 0 Å². The van der Waals surface area contributed by atoms with E-state index in [1.54, 1.807) is 0 Å². The Morgan fingerprint density at radius 3 is 2.12 bits per heavy atom. The molecule has 0 unspecified atom stereocenters. The highest BCUT2D eigenvalue weighted by atomic mass is 32.2. The summed E-state index contributed by atoms with van der Waals surface area (Å²) in [7, 11) is -2.81. The average molecular weight is 249 g/mol. The van der Waals surface area contributed by atoms with Crippen molar-refractivity contribution in [3.63, 3.8) is 0 Å². The number of hydrogen-bond acceptors (Lipinski definition) is 3. The molecule has 0 fully saturated rings. The van der Waals surface area contributed by atoms with E-state index in [0.29, 0.717) is 23.5 Å². The lowest BCUT2D eigenvalue weighted by Gasteiger charge is -2.08. The molecule has 0 saturated heterocycles. The monoisotopic (exact) mass is 249 g/mol. The molecule has 4 heteroatoms. The van der Waals surface area contributed by atoms with Crippen LogP contribution >= 0.6 is 0 Å². The molecule has 0 saturated carbocycles. The molecule has 0 heterocycles. The minimum atomic E-state index is -2.81. The lowest BCUT2D eigenvalue weighted by Crippen LogP contribution is -2.24. The van der Waals surface area contributed by atoms with Crippen molar-refractivity contribution in [3.05, 3.63) is 0 Å². The summed E-state index contributed by atoms with van der Waals surface area (Å²) in [5, 5.41) is 3.29. The number of nitrogens with one attached hydrogen (secondary N) is 1. The molecule has 0 atom stereocenters. The molecule has 0 radical (unpaired) electrons. The van der Waals surface area contributed by atoms with Gasteiger partial charge in [-0.2, -0.15) is 0 Å². The van der Waals surface area contributed by atoms with Gasteiger partial charge in [0.25, 0.3) is 0 Å². The standard InChI is InChI=1S/C12H27NO2S/c1-11(2)7-10-16(14,15)9-6-5-8-13-12(3)4/h11-13H,5-10H2,1-4H3. The summed E-state index contributed by atoms with van der Waals surface area (Å²) in [5.74, 6) is 1.17. The van der Waals surface area contributed by atoms with Crippen LogP contribution in [0.4, 0.5) is 0 Å². The van der Waals surface area contributed by atoms with Crippen molar-refractivity contribution in [1.29, 1.82) is 0 Å². The summed E-state index contributed by atoms with van der Waals surface area (Å²) in [6.45, 7) is 9.22. The maximum absolute atomic E-state index is 11.6. The Hall–Kier alpha value is -0.0900. The minimum absolute atomic E-state index is 0.347. The zero-order chi connectivity index (χ0) is 12.6. The molecular formula is C12H27NO2S. The van der Waals surface area contributed by atoms with E-state index in [2.05, 4.69) is 33.0 Å². The van der Waals surface area contributed by atoms with Crippen molar-refractivity contribution in [2.24, 2.45) is 5.92 Å². The Kier molecular flexibility index (Phi) is 8.02. The summed E-state index contributed by atoms with van der Waals surface area (Å²) < 4.78 is 23.2. The molecule has 0 rings (SSSR count). The van der Waals surface area contributed by atoms with E-state index in [1.807, 2.05) is 0 Å². The van der Waals surface area contributed by atoms with Crippen LogP contribution < -0.4 is 5.32 Å². The molecule has 0 aromatic heterocycles.